The Morgan fingerprint density at radius 3 is 2.66 bits per heavy atom. The van der Waals surface area contributed by atoms with Crippen molar-refractivity contribution in [2.24, 2.45) is 0 Å². The highest BCUT2D eigenvalue weighted by molar-refractivity contribution is 5.93. The summed E-state index contributed by atoms with van der Waals surface area (Å²) in [4.78, 5) is 37.0. The maximum atomic E-state index is 12.9. The van der Waals surface area contributed by atoms with Crippen LogP contribution >= 0.6 is 0 Å². The van der Waals surface area contributed by atoms with Gasteiger partial charge in [0.2, 0.25) is 5.91 Å². The molecule has 1 aliphatic carbocycles. The van der Waals surface area contributed by atoms with Crippen molar-refractivity contribution < 1.29 is 14.3 Å². The second-order valence-electron chi connectivity index (χ2n) is 7.00. The van der Waals surface area contributed by atoms with Gasteiger partial charge in [-0.15, -0.1) is 0 Å². The van der Waals surface area contributed by atoms with Crippen LogP contribution in [0.25, 0.3) is 5.52 Å². The summed E-state index contributed by atoms with van der Waals surface area (Å²) in [5.74, 6) is -0.733. The first-order valence-electron chi connectivity index (χ1n) is 9.73. The monoisotopic (exact) mass is 394 g/mol. The number of amides is 1. The molecular weight excluding hydrogens is 372 g/mol. The number of nitrogens with one attached hydrogen (secondary N) is 1. The summed E-state index contributed by atoms with van der Waals surface area (Å²) in [5, 5.41) is 7.25. The van der Waals surface area contributed by atoms with Crippen molar-refractivity contribution in [3.8, 4) is 0 Å². The van der Waals surface area contributed by atoms with Crippen LogP contribution in [-0.2, 0) is 28.9 Å². The molecule has 150 valence electrons. The number of hydrogen-bond acceptors (Lipinski definition) is 5. The summed E-state index contributed by atoms with van der Waals surface area (Å²) in [6.07, 6.45) is 7.16. The van der Waals surface area contributed by atoms with Crippen LogP contribution in [0.1, 0.15) is 41.4 Å². The number of rotatable bonds is 5. The van der Waals surface area contributed by atoms with Gasteiger partial charge in [0.05, 0.1) is 17.9 Å². The highest BCUT2D eigenvalue weighted by Gasteiger charge is 2.20. The summed E-state index contributed by atoms with van der Waals surface area (Å²) < 4.78 is 7.96. The molecule has 8 heteroatoms. The highest BCUT2D eigenvalue weighted by Crippen LogP contribution is 2.22. The van der Waals surface area contributed by atoms with E-state index in [-0.39, 0.29) is 18.0 Å². The van der Waals surface area contributed by atoms with Gasteiger partial charge in [-0.3, -0.25) is 9.59 Å². The quantitative estimate of drug-likeness (QED) is 0.670. The maximum Gasteiger partial charge on any atom is 0.338 e. The average molecular weight is 394 g/mol. The topological polar surface area (TPSA) is 94.7 Å². The van der Waals surface area contributed by atoms with Gasteiger partial charge in [0.25, 0.3) is 5.56 Å². The first-order valence-corrected chi connectivity index (χ1v) is 9.73. The van der Waals surface area contributed by atoms with E-state index in [1.165, 1.54) is 4.57 Å². The summed E-state index contributed by atoms with van der Waals surface area (Å²) in [7, 11) is 0. The zero-order valence-corrected chi connectivity index (χ0v) is 16.2. The van der Waals surface area contributed by atoms with Gasteiger partial charge in [-0.25, -0.2) is 9.31 Å². The van der Waals surface area contributed by atoms with Crippen molar-refractivity contribution in [2.75, 3.05) is 11.9 Å². The number of fused-ring (bicyclic) bond motifs is 3. The number of aromatic nitrogens is 3. The molecule has 0 bridgehead atoms. The molecule has 0 radical (unpaired) electrons. The second kappa shape index (κ2) is 7.90. The average Bonchev–Trinajstić information content (AvgIpc) is 3.10. The number of hydrogen-bond donors (Lipinski definition) is 1. The Labute approximate surface area is 167 Å². The molecular formula is C21H22N4O4. The van der Waals surface area contributed by atoms with E-state index in [2.05, 4.69) is 10.4 Å². The largest absolute Gasteiger partial charge is 0.462 e. The minimum absolute atomic E-state index is 0.102. The number of esters is 1. The number of carbonyl (C=O) groups is 2. The number of ether oxygens (including phenoxy) is 1. The van der Waals surface area contributed by atoms with E-state index in [9.17, 15) is 14.4 Å². The molecule has 0 aliphatic heterocycles. The van der Waals surface area contributed by atoms with Crippen molar-refractivity contribution in [2.45, 2.75) is 39.2 Å². The van der Waals surface area contributed by atoms with Gasteiger partial charge in [0.15, 0.2) is 0 Å². The molecule has 2 aromatic heterocycles. The molecule has 4 rings (SSSR count). The molecule has 0 saturated heterocycles. The molecule has 3 aromatic rings. The van der Waals surface area contributed by atoms with Crippen molar-refractivity contribution in [1.29, 1.82) is 0 Å². The predicted molar refractivity (Wildman–Crippen MR) is 107 cm³/mol. The standard InChI is InChI=1S/C21H22N4O4/c1-2-29-21(28)14-7-9-15(10-8-14)22-18(26)13-24-11-12-25-19(20(24)27)16-5-3-4-6-17(16)23-25/h7-12H,2-6,13H2,1H3,(H,22,26). The fourth-order valence-electron chi connectivity index (χ4n) is 3.64. The summed E-state index contributed by atoms with van der Waals surface area (Å²) >= 11 is 0. The van der Waals surface area contributed by atoms with Crippen LogP contribution in [-0.4, -0.2) is 32.7 Å². The number of benzene rings is 1. The Balaban J connectivity index is 1.50. The maximum absolute atomic E-state index is 12.9. The molecule has 1 aliphatic rings. The van der Waals surface area contributed by atoms with E-state index in [0.29, 0.717) is 23.4 Å². The third-order valence-electron chi connectivity index (χ3n) is 5.03. The van der Waals surface area contributed by atoms with Crippen LogP contribution < -0.4 is 10.9 Å². The first kappa shape index (κ1) is 18.9. The molecule has 8 nitrogen and oxygen atoms in total. The van der Waals surface area contributed by atoms with Crippen molar-refractivity contribution in [1.82, 2.24) is 14.2 Å². The Morgan fingerprint density at radius 2 is 1.90 bits per heavy atom. The number of anilines is 1. The Morgan fingerprint density at radius 1 is 1.14 bits per heavy atom. The van der Waals surface area contributed by atoms with Gasteiger partial charge in [-0.05, 0) is 56.9 Å². The van der Waals surface area contributed by atoms with Crippen molar-refractivity contribution >= 4 is 23.1 Å². The molecule has 0 saturated carbocycles. The van der Waals surface area contributed by atoms with Crippen LogP contribution in [0.15, 0.2) is 41.5 Å². The summed E-state index contributed by atoms with van der Waals surface area (Å²) in [6, 6.07) is 6.43. The Kier molecular flexibility index (Phi) is 5.16. The highest BCUT2D eigenvalue weighted by atomic mass is 16.5. The fourth-order valence-corrected chi connectivity index (χ4v) is 3.64. The Bertz CT molecular complexity index is 1130. The lowest BCUT2D eigenvalue weighted by Gasteiger charge is -2.10. The normalized spacial score (nSPS) is 13.1. The SMILES string of the molecule is CCOC(=O)c1ccc(NC(=O)Cn2ccn3nc4c(c3c2=O)CCCC4)cc1. The summed E-state index contributed by atoms with van der Waals surface area (Å²) in [6.45, 7) is 1.94. The molecule has 0 atom stereocenters. The minimum Gasteiger partial charge on any atom is -0.462 e. The third kappa shape index (κ3) is 3.78. The number of carbonyl (C=O) groups excluding carboxylic acids is 2. The lowest BCUT2D eigenvalue weighted by Crippen LogP contribution is -2.28. The van der Waals surface area contributed by atoms with Gasteiger partial charge in [-0.2, -0.15) is 5.10 Å². The van der Waals surface area contributed by atoms with Crippen LogP contribution in [0, 0.1) is 0 Å². The first-order chi connectivity index (χ1) is 14.1. The van der Waals surface area contributed by atoms with Crippen LogP contribution in [0.5, 0.6) is 0 Å². The number of nitrogens with zero attached hydrogens (tertiary/aromatic N) is 3. The molecule has 0 spiro atoms. The van der Waals surface area contributed by atoms with E-state index in [4.69, 9.17) is 4.74 Å². The Hall–Kier alpha value is -3.42. The van der Waals surface area contributed by atoms with Gasteiger partial charge in [-0.1, -0.05) is 0 Å². The lowest BCUT2D eigenvalue weighted by atomic mass is 9.97. The van der Waals surface area contributed by atoms with E-state index >= 15 is 0 Å². The van der Waals surface area contributed by atoms with Gasteiger partial charge in [0.1, 0.15) is 12.1 Å². The van der Waals surface area contributed by atoms with Crippen LogP contribution in [0.2, 0.25) is 0 Å². The van der Waals surface area contributed by atoms with E-state index in [0.717, 1.165) is 36.9 Å². The zero-order chi connectivity index (χ0) is 20.4. The van der Waals surface area contributed by atoms with E-state index in [1.54, 1.807) is 48.1 Å². The van der Waals surface area contributed by atoms with E-state index < -0.39 is 5.97 Å². The molecule has 0 unspecified atom stereocenters. The molecule has 1 N–H and O–H groups in total. The molecule has 29 heavy (non-hydrogen) atoms. The lowest BCUT2D eigenvalue weighted by molar-refractivity contribution is -0.116. The minimum atomic E-state index is -0.408. The second-order valence-corrected chi connectivity index (χ2v) is 7.00. The van der Waals surface area contributed by atoms with Crippen LogP contribution in [0.3, 0.4) is 0 Å². The summed E-state index contributed by atoms with van der Waals surface area (Å²) in [5.41, 5.74) is 3.29. The van der Waals surface area contributed by atoms with Gasteiger partial charge in [0, 0.05) is 23.6 Å². The smallest absolute Gasteiger partial charge is 0.338 e. The fraction of sp³-hybridized carbons (Fsp3) is 0.333. The molecule has 1 amide bonds. The predicted octanol–water partition coefficient (Wildman–Crippen LogP) is 2.19. The van der Waals surface area contributed by atoms with Crippen LogP contribution in [0.4, 0.5) is 5.69 Å². The molecule has 1 aromatic carbocycles. The molecule has 0 fully saturated rings. The van der Waals surface area contributed by atoms with Crippen molar-refractivity contribution in [3.63, 3.8) is 0 Å². The van der Waals surface area contributed by atoms with E-state index in [1.807, 2.05) is 0 Å². The van der Waals surface area contributed by atoms with Gasteiger partial charge < -0.3 is 14.6 Å². The third-order valence-corrected chi connectivity index (χ3v) is 5.03. The zero-order valence-electron chi connectivity index (χ0n) is 16.2. The van der Waals surface area contributed by atoms with Gasteiger partial charge >= 0.3 is 5.97 Å². The molecule has 2 heterocycles. The van der Waals surface area contributed by atoms with Crippen molar-refractivity contribution in [3.05, 3.63) is 63.8 Å². The number of aryl methyl sites for hydroxylation is 2.